The van der Waals surface area contributed by atoms with Crippen molar-refractivity contribution in [2.24, 2.45) is 0 Å². The maximum absolute atomic E-state index is 5.93. The molecule has 1 aromatic carbocycles. The summed E-state index contributed by atoms with van der Waals surface area (Å²) >= 11 is 7.56. The summed E-state index contributed by atoms with van der Waals surface area (Å²) < 4.78 is 5.93. The van der Waals surface area contributed by atoms with Gasteiger partial charge in [0.05, 0.1) is 5.69 Å². The molecule has 2 nitrogen and oxygen atoms in total. The molecule has 19 heavy (non-hydrogen) atoms. The average Bonchev–Trinajstić information content (AvgIpc) is 2.67. The molecule has 0 radical (unpaired) electrons. The molecule has 102 valence electrons. The van der Waals surface area contributed by atoms with E-state index in [4.69, 9.17) is 16.3 Å². The van der Waals surface area contributed by atoms with E-state index < -0.39 is 0 Å². The number of hydrogen-bond donors (Lipinski definition) is 0. The van der Waals surface area contributed by atoms with Crippen LogP contribution in [0.25, 0.3) is 0 Å². The molecular weight excluding hydrogens is 278 g/mol. The van der Waals surface area contributed by atoms with E-state index in [0.29, 0.717) is 12.5 Å². The first kappa shape index (κ1) is 14.4. The lowest BCUT2D eigenvalue weighted by molar-refractivity contribution is 0.301. The second-order valence-corrected chi connectivity index (χ2v) is 6.29. The molecule has 1 aromatic heterocycles. The molecule has 0 aliphatic heterocycles. The van der Waals surface area contributed by atoms with Crippen molar-refractivity contribution in [2.75, 3.05) is 0 Å². The molecule has 1 heterocycles. The van der Waals surface area contributed by atoms with Gasteiger partial charge in [-0.15, -0.1) is 22.9 Å². The van der Waals surface area contributed by atoms with Crippen LogP contribution in [-0.2, 0) is 12.5 Å². The Hall–Kier alpha value is -1.06. The highest BCUT2D eigenvalue weighted by Crippen LogP contribution is 2.27. The molecule has 0 bridgehead atoms. The molecule has 0 N–H and O–H groups in total. The summed E-state index contributed by atoms with van der Waals surface area (Å²) in [6.45, 7) is 8.75. The van der Waals surface area contributed by atoms with Crippen molar-refractivity contribution in [1.29, 1.82) is 0 Å². The van der Waals surface area contributed by atoms with Crippen molar-refractivity contribution in [3.05, 3.63) is 44.4 Å². The van der Waals surface area contributed by atoms with Crippen LogP contribution in [0.2, 0.25) is 0 Å². The number of aryl methyl sites for hydroxylation is 4. The maximum Gasteiger partial charge on any atom is 0.140 e. The van der Waals surface area contributed by atoms with Crippen LogP contribution in [0, 0.1) is 27.7 Å². The third-order valence-corrected chi connectivity index (χ3v) is 4.44. The third kappa shape index (κ3) is 3.28. The van der Waals surface area contributed by atoms with Crippen LogP contribution in [0.1, 0.15) is 32.3 Å². The Bertz CT molecular complexity index is 549. The normalized spacial score (nSPS) is 10.8. The quantitative estimate of drug-likeness (QED) is 0.763. The van der Waals surface area contributed by atoms with Crippen molar-refractivity contribution in [3.8, 4) is 5.75 Å². The van der Waals surface area contributed by atoms with Crippen molar-refractivity contribution in [3.63, 3.8) is 0 Å². The van der Waals surface area contributed by atoms with E-state index in [-0.39, 0.29) is 0 Å². The molecule has 0 saturated heterocycles. The molecule has 0 spiro atoms. The molecule has 4 heteroatoms. The Labute approximate surface area is 123 Å². The highest BCUT2D eigenvalue weighted by atomic mass is 35.5. The number of aromatic nitrogens is 1. The van der Waals surface area contributed by atoms with Crippen LogP contribution in [-0.4, -0.2) is 4.98 Å². The van der Waals surface area contributed by atoms with Crippen LogP contribution in [0.15, 0.2) is 12.1 Å². The number of halogens is 1. The highest BCUT2D eigenvalue weighted by molar-refractivity contribution is 7.11. The fraction of sp³-hybridized carbons (Fsp3) is 0.400. The Morgan fingerprint density at radius 3 is 2.26 bits per heavy atom. The molecule has 2 aromatic rings. The van der Waals surface area contributed by atoms with Crippen LogP contribution in [0.4, 0.5) is 0 Å². The summed E-state index contributed by atoms with van der Waals surface area (Å²) in [7, 11) is 0. The predicted molar refractivity (Wildman–Crippen MR) is 81.4 cm³/mol. The van der Waals surface area contributed by atoms with Gasteiger partial charge in [-0.2, -0.15) is 0 Å². The van der Waals surface area contributed by atoms with E-state index in [9.17, 15) is 0 Å². The lowest BCUT2D eigenvalue weighted by Crippen LogP contribution is -1.99. The van der Waals surface area contributed by atoms with Crippen molar-refractivity contribution >= 4 is 22.9 Å². The summed E-state index contributed by atoms with van der Waals surface area (Å²) in [5.74, 6) is 1.48. The summed E-state index contributed by atoms with van der Waals surface area (Å²) in [6.07, 6.45) is 0. The van der Waals surface area contributed by atoms with E-state index in [2.05, 4.69) is 37.9 Å². The lowest BCUT2D eigenvalue weighted by atomic mass is 10.1. The first-order valence-corrected chi connectivity index (χ1v) is 7.58. The molecule has 0 unspecified atom stereocenters. The summed E-state index contributed by atoms with van der Waals surface area (Å²) in [4.78, 5) is 5.74. The van der Waals surface area contributed by atoms with E-state index >= 15 is 0 Å². The lowest BCUT2D eigenvalue weighted by Gasteiger charge is -2.12. The molecule has 2 rings (SSSR count). The zero-order valence-corrected chi connectivity index (χ0v) is 13.3. The molecule has 0 amide bonds. The zero-order valence-electron chi connectivity index (χ0n) is 11.7. The number of thiazole rings is 1. The minimum Gasteiger partial charge on any atom is -0.486 e. The second kappa shape index (κ2) is 5.93. The first-order valence-electron chi connectivity index (χ1n) is 6.23. The van der Waals surface area contributed by atoms with E-state index in [0.717, 1.165) is 33.1 Å². The van der Waals surface area contributed by atoms with Crippen molar-refractivity contribution in [2.45, 2.75) is 40.2 Å². The van der Waals surface area contributed by atoms with Gasteiger partial charge in [0, 0.05) is 10.8 Å². The second-order valence-electron chi connectivity index (χ2n) is 4.73. The fourth-order valence-corrected chi connectivity index (χ4v) is 3.08. The molecule has 0 fully saturated rings. The minimum atomic E-state index is 0.529. The molecule has 0 atom stereocenters. The third-order valence-electron chi connectivity index (χ3n) is 3.09. The minimum absolute atomic E-state index is 0.529. The van der Waals surface area contributed by atoms with Gasteiger partial charge in [-0.25, -0.2) is 4.98 Å². The van der Waals surface area contributed by atoms with E-state index in [1.54, 1.807) is 11.3 Å². The average molecular weight is 296 g/mol. The summed E-state index contributed by atoms with van der Waals surface area (Å²) in [5.41, 5.74) is 4.47. The number of alkyl halides is 1. The Morgan fingerprint density at radius 2 is 1.79 bits per heavy atom. The number of benzene rings is 1. The van der Waals surface area contributed by atoms with Gasteiger partial charge in [0.2, 0.25) is 0 Å². The molecule has 0 saturated carbocycles. The Balaban J connectivity index is 2.15. The summed E-state index contributed by atoms with van der Waals surface area (Å²) in [5, 5.41) is 1.02. The van der Waals surface area contributed by atoms with E-state index in [1.165, 1.54) is 4.88 Å². The van der Waals surface area contributed by atoms with Crippen molar-refractivity contribution < 1.29 is 4.74 Å². The van der Waals surface area contributed by atoms with Gasteiger partial charge in [0.1, 0.15) is 17.4 Å². The SMILES string of the molecule is Cc1cc(CCl)cc(C)c1OCc1nc(C)c(C)s1. The standard InChI is InChI=1S/C15H18ClNOS/c1-9-5-13(7-16)6-10(2)15(9)18-8-14-17-11(3)12(4)19-14/h5-6H,7-8H2,1-4H3. The topological polar surface area (TPSA) is 22.1 Å². The van der Waals surface area contributed by atoms with Crippen LogP contribution >= 0.6 is 22.9 Å². The van der Waals surface area contributed by atoms with Gasteiger partial charge >= 0.3 is 0 Å². The number of ether oxygens (including phenoxy) is 1. The maximum atomic E-state index is 5.93. The largest absolute Gasteiger partial charge is 0.486 e. The van der Waals surface area contributed by atoms with Gasteiger partial charge in [-0.05, 0) is 44.4 Å². The molecule has 0 aliphatic rings. The van der Waals surface area contributed by atoms with Crippen LogP contribution in [0.3, 0.4) is 0 Å². The van der Waals surface area contributed by atoms with Gasteiger partial charge in [0.15, 0.2) is 0 Å². The number of nitrogens with zero attached hydrogens (tertiary/aromatic N) is 1. The smallest absolute Gasteiger partial charge is 0.140 e. The van der Waals surface area contributed by atoms with Crippen molar-refractivity contribution in [1.82, 2.24) is 4.98 Å². The van der Waals surface area contributed by atoms with Gasteiger partial charge in [0.25, 0.3) is 0 Å². The first-order chi connectivity index (χ1) is 9.01. The van der Waals surface area contributed by atoms with Gasteiger partial charge in [-0.1, -0.05) is 12.1 Å². The van der Waals surface area contributed by atoms with Crippen LogP contribution in [0.5, 0.6) is 5.75 Å². The van der Waals surface area contributed by atoms with Crippen LogP contribution < -0.4 is 4.74 Å². The fourth-order valence-electron chi connectivity index (χ4n) is 2.08. The Morgan fingerprint density at radius 1 is 1.16 bits per heavy atom. The molecular formula is C15H18ClNOS. The van der Waals surface area contributed by atoms with Gasteiger partial charge < -0.3 is 4.74 Å². The predicted octanol–water partition coefficient (Wildman–Crippen LogP) is 4.69. The zero-order chi connectivity index (χ0) is 14.0. The van der Waals surface area contributed by atoms with E-state index in [1.807, 2.05) is 6.92 Å². The number of hydrogen-bond acceptors (Lipinski definition) is 3. The molecule has 0 aliphatic carbocycles. The Kier molecular flexibility index (Phi) is 4.48. The van der Waals surface area contributed by atoms with Gasteiger partial charge in [-0.3, -0.25) is 0 Å². The monoisotopic (exact) mass is 295 g/mol. The highest BCUT2D eigenvalue weighted by Gasteiger charge is 2.09. The summed E-state index contributed by atoms with van der Waals surface area (Å²) in [6, 6.07) is 4.15. The number of rotatable bonds is 4.